The number of hydrogen-bond acceptors (Lipinski definition) is 0. The van der Waals surface area contributed by atoms with E-state index in [1.54, 1.807) is 0 Å². The van der Waals surface area contributed by atoms with Crippen molar-refractivity contribution in [2.45, 2.75) is 26.7 Å². The van der Waals surface area contributed by atoms with Gasteiger partial charge in [-0.3, -0.25) is 0 Å². The highest BCUT2D eigenvalue weighted by atomic mass is 35.5. The van der Waals surface area contributed by atoms with Crippen LogP contribution in [0.15, 0.2) is 48.5 Å². The van der Waals surface area contributed by atoms with Crippen LogP contribution in [-0.2, 0) is 12.8 Å². The first-order valence-corrected chi connectivity index (χ1v) is 6.84. The van der Waals surface area contributed by atoms with Crippen LogP contribution in [0.25, 0.3) is 0 Å². The minimum Gasteiger partial charge on any atom is -0.0840 e. The molecule has 18 heavy (non-hydrogen) atoms. The second-order valence-corrected chi connectivity index (χ2v) is 5.59. The third-order valence-electron chi connectivity index (χ3n) is 2.99. The molecular weight excluding hydrogens is 240 g/mol. The fourth-order valence-electron chi connectivity index (χ4n) is 2.20. The van der Waals surface area contributed by atoms with Crippen LogP contribution in [0.5, 0.6) is 0 Å². The molecule has 2 aromatic rings. The van der Waals surface area contributed by atoms with Crippen molar-refractivity contribution in [2.24, 2.45) is 5.92 Å². The zero-order valence-corrected chi connectivity index (χ0v) is 11.7. The number of rotatable bonds is 4. The maximum Gasteiger partial charge on any atom is 0.0441 e. The molecule has 0 aliphatic heterocycles. The summed E-state index contributed by atoms with van der Waals surface area (Å²) in [5.74, 6) is 0.695. The molecule has 2 aromatic carbocycles. The van der Waals surface area contributed by atoms with Crippen LogP contribution in [0.3, 0.4) is 0 Å². The van der Waals surface area contributed by atoms with Gasteiger partial charge in [0.25, 0.3) is 0 Å². The Morgan fingerprint density at radius 1 is 0.944 bits per heavy atom. The third-order valence-corrected chi connectivity index (χ3v) is 3.36. The zero-order valence-electron chi connectivity index (χ0n) is 11.0. The number of hydrogen-bond donors (Lipinski definition) is 0. The molecule has 0 spiro atoms. The largest absolute Gasteiger partial charge is 0.0840 e. The molecule has 0 fully saturated rings. The van der Waals surface area contributed by atoms with E-state index in [0.29, 0.717) is 5.92 Å². The Balaban J connectivity index is 2.17. The molecule has 0 atom stereocenters. The topological polar surface area (TPSA) is 0 Å². The Morgan fingerprint density at radius 3 is 2.39 bits per heavy atom. The fourth-order valence-corrected chi connectivity index (χ4v) is 2.40. The molecule has 0 unspecified atom stereocenters. The first-order chi connectivity index (χ1) is 8.65. The van der Waals surface area contributed by atoms with E-state index >= 15 is 0 Å². The van der Waals surface area contributed by atoms with Crippen molar-refractivity contribution in [3.63, 3.8) is 0 Å². The van der Waals surface area contributed by atoms with Crippen molar-refractivity contribution in [3.05, 3.63) is 70.2 Å². The molecule has 0 radical (unpaired) electrons. The Morgan fingerprint density at radius 2 is 1.67 bits per heavy atom. The lowest BCUT2D eigenvalue weighted by molar-refractivity contribution is 0.647. The highest BCUT2D eigenvalue weighted by Crippen LogP contribution is 2.20. The minimum atomic E-state index is 0.695. The first-order valence-electron chi connectivity index (χ1n) is 6.46. The van der Waals surface area contributed by atoms with Gasteiger partial charge in [-0.05, 0) is 41.5 Å². The molecule has 0 saturated heterocycles. The van der Waals surface area contributed by atoms with E-state index in [1.165, 1.54) is 16.7 Å². The summed E-state index contributed by atoms with van der Waals surface area (Å²) in [5.41, 5.74) is 3.94. The van der Waals surface area contributed by atoms with Crippen LogP contribution in [0.4, 0.5) is 0 Å². The van der Waals surface area contributed by atoms with E-state index in [4.69, 9.17) is 11.6 Å². The van der Waals surface area contributed by atoms with E-state index in [1.807, 2.05) is 18.2 Å². The molecule has 0 N–H and O–H groups in total. The van der Waals surface area contributed by atoms with Crippen LogP contribution in [0.1, 0.15) is 30.5 Å². The van der Waals surface area contributed by atoms with Crippen molar-refractivity contribution in [1.82, 2.24) is 0 Å². The summed E-state index contributed by atoms with van der Waals surface area (Å²) in [6.45, 7) is 4.50. The molecule has 0 saturated carbocycles. The normalized spacial score (nSPS) is 10.9. The predicted octanol–water partition coefficient (Wildman–Crippen LogP) is 5.13. The van der Waals surface area contributed by atoms with Gasteiger partial charge in [-0.25, -0.2) is 0 Å². The highest BCUT2D eigenvalue weighted by molar-refractivity contribution is 6.31. The highest BCUT2D eigenvalue weighted by Gasteiger charge is 2.03. The third kappa shape index (κ3) is 3.61. The monoisotopic (exact) mass is 258 g/mol. The second-order valence-electron chi connectivity index (χ2n) is 5.19. The second kappa shape index (κ2) is 6.06. The lowest BCUT2D eigenvalue weighted by Crippen LogP contribution is -1.96. The summed E-state index contributed by atoms with van der Waals surface area (Å²) >= 11 is 6.20. The van der Waals surface area contributed by atoms with Crippen LogP contribution in [-0.4, -0.2) is 0 Å². The van der Waals surface area contributed by atoms with Crippen molar-refractivity contribution < 1.29 is 0 Å². The quantitative estimate of drug-likeness (QED) is 0.713. The lowest BCUT2D eigenvalue weighted by Gasteiger charge is -2.08. The van der Waals surface area contributed by atoms with E-state index in [2.05, 4.69) is 44.2 Å². The van der Waals surface area contributed by atoms with Crippen molar-refractivity contribution >= 4 is 11.6 Å². The van der Waals surface area contributed by atoms with Crippen LogP contribution in [0.2, 0.25) is 5.02 Å². The van der Waals surface area contributed by atoms with Gasteiger partial charge in [0, 0.05) is 5.02 Å². The van der Waals surface area contributed by atoms with Crippen LogP contribution in [0, 0.1) is 5.92 Å². The van der Waals surface area contributed by atoms with Gasteiger partial charge in [0.2, 0.25) is 0 Å². The predicted molar refractivity (Wildman–Crippen MR) is 79.2 cm³/mol. The maximum atomic E-state index is 6.20. The molecule has 0 amide bonds. The van der Waals surface area contributed by atoms with Crippen molar-refractivity contribution in [2.75, 3.05) is 0 Å². The molecule has 0 heterocycles. The van der Waals surface area contributed by atoms with Gasteiger partial charge in [0.15, 0.2) is 0 Å². The lowest BCUT2D eigenvalue weighted by atomic mass is 9.98. The summed E-state index contributed by atoms with van der Waals surface area (Å²) < 4.78 is 0. The Kier molecular flexibility index (Phi) is 4.43. The number of halogens is 1. The first kappa shape index (κ1) is 13.2. The van der Waals surface area contributed by atoms with E-state index < -0.39 is 0 Å². The van der Waals surface area contributed by atoms with Crippen LogP contribution < -0.4 is 0 Å². The molecule has 0 aliphatic rings. The van der Waals surface area contributed by atoms with E-state index in [9.17, 15) is 0 Å². The SMILES string of the molecule is CC(C)Cc1cccc(Cc2ccccc2Cl)c1. The molecule has 94 valence electrons. The van der Waals surface area contributed by atoms with Crippen LogP contribution >= 0.6 is 11.6 Å². The zero-order chi connectivity index (χ0) is 13.0. The molecule has 0 nitrogen and oxygen atoms in total. The molecule has 1 heteroatoms. The molecule has 2 rings (SSSR count). The van der Waals surface area contributed by atoms with Gasteiger partial charge in [0.05, 0.1) is 0 Å². The molecule has 0 aliphatic carbocycles. The summed E-state index contributed by atoms with van der Waals surface area (Å²) in [7, 11) is 0. The van der Waals surface area contributed by atoms with Gasteiger partial charge in [-0.15, -0.1) is 0 Å². The smallest absolute Gasteiger partial charge is 0.0441 e. The van der Waals surface area contributed by atoms with Gasteiger partial charge in [0.1, 0.15) is 0 Å². The molecular formula is C17H19Cl. The van der Waals surface area contributed by atoms with Gasteiger partial charge >= 0.3 is 0 Å². The standard InChI is InChI=1S/C17H19Cl/c1-13(2)10-14-6-5-7-15(11-14)12-16-8-3-4-9-17(16)18/h3-9,11,13H,10,12H2,1-2H3. The Labute approximate surface area is 115 Å². The van der Waals surface area contributed by atoms with Crippen molar-refractivity contribution in [3.8, 4) is 0 Å². The van der Waals surface area contributed by atoms with E-state index in [0.717, 1.165) is 17.9 Å². The van der Waals surface area contributed by atoms with E-state index in [-0.39, 0.29) is 0 Å². The van der Waals surface area contributed by atoms with Gasteiger partial charge in [-0.2, -0.15) is 0 Å². The summed E-state index contributed by atoms with van der Waals surface area (Å²) in [6.07, 6.45) is 2.04. The summed E-state index contributed by atoms with van der Waals surface area (Å²) in [5, 5.41) is 0.853. The molecule has 0 bridgehead atoms. The fraction of sp³-hybridized carbons (Fsp3) is 0.294. The number of benzene rings is 2. The van der Waals surface area contributed by atoms with Crippen molar-refractivity contribution in [1.29, 1.82) is 0 Å². The van der Waals surface area contributed by atoms with Gasteiger partial charge < -0.3 is 0 Å². The van der Waals surface area contributed by atoms with Gasteiger partial charge in [-0.1, -0.05) is 67.9 Å². The Bertz CT molecular complexity index is 515. The minimum absolute atomic E-state index is 0.695. The molecule has 0 aromatic heterocycles. The Hall–Kier alpha value is -1.27. The average molecular weight is 259 g/mol. The maximum absolute atomic E-state index is 6.20. The summed E-state index contributed by atoms with van der Waals surface area (Å²) in [6, 6.07) is 16.9. The average Bonchev–Trinajstić information content (AvgIpc) is 2.32. The summed E-state index contributed by atoms with van der Waals surface area (Å²) in [4.78, 5) is 0.